The van der Waals surface area contributed by atoms with Gasteiger partial charge in [0.1, 0.15) is 17.4 Å². The number of ether oxygens (including phenoxy) is 2. The molecule has 0 aliphatic carbocycles. The summed E-state index contributed by atoms with van der Waals surface area (Å²) in [5, 5.41) is 10.7. The number of carbonyl (C=O) groups is 3. The van der Waals surface area contributed by atoms with Gasteiger partial charge in [-0.1, -0.05) is 44.6 Å². The molecule has 2 aromatic carbocycles. The van der Waals surface area contributed by atoms with Crippen LogP contribution in [0.25, 0.3) is 0 Å². The van der Waals surface area contributed by atoms with E-state index in [-0.39, 0.29) is 43.3 Å². The summed E-state index contributed by atoms with van der Waals surface area (Å²) in [7, 11) is 0. The number of rotatable bonds is 14. The molecule has 0 saturated carbocycles. The fourth-order valence-corrected chi connectivity index (χ4v) is 7.94. The topological polar surface area (TPSA) is 99.6 Å². The smallest absolute Gasteiger partial charge is 0.253 e. The highest BCUT2D eigenvalue weighted by Gasteiger charge is 2.75. The summed E-state index contributed by atoms with van der Waals surface area (Å²) >= 11 is 0. The number of fused-ring (bicyclic) bond motifs is 1. The Morgan fingerprint density at radius 1 is 1.09 bits per heavy atom. The van der Waals surface area contributed by atoms with Gasteiger partial charge >= 0.3 is 0 Å². The molecular formula is C38H49N3O6. The lowest BCUT2D eigenvalue weighted by molar-refractivity contribution is -0.145. The van der Waals surface area contributed by atoms with Gasteiger partial charge in [-0.2, -0.15) is 0 Å². The van der Waals surface area contributed by atoms with Crippen molar-refractivity contribution in [2.75, 3.05) is 36.1 Å². The van der Waals surface area contributed by atoms with Crippen molar-refractivity contribution in [3.8, 4) is 5.75 Å². The first-order valence-corrected chi connectivity index (χ1v) is 16.8. The van der Waals surface area contributed by atoms with Crippen molar-refractivity contribution in [2.45, 2.75) is 77.7 Å². The molecule has 0 aromatic heterocycles. The fourth-order valence-electron chi connectivity index (χ4n) is 7.94. The number of amides is 3. The molecular weight excluding hydrogens is 594 g/mol. The average molecular weight is 644 g/mol. The second kappa shape index (κ2) is 14.0. The largest absolute Gasteiger partial charge is 0.494 e. The van der Waals surface area contributed by atoms with Gasteiger partial charge in [0.05, 0.1) is 37.2 Å². The summed E-state index contributed by atoms with van der Waals surface area (Å²) in [6.45, 7) is 18.3. The van der Waals surface area contributed by atoms with Crippen LogP contribution in [-0.4, -0.2) is 77.8 Å². The van der Waals surface area contributed by atoms with E-state index in [0.29, 0.717) is 37.3 Å². The van der Waals surface area contributed by atoms with E-state index in [2.05, 4.69) is 13.2 Å². The summed E-state index contributed by atoms with van der Waals surface area (Å²) in [5.74, 6) is -1.93. The van der Waals surface area contributed by atoms with E-state index in [4.69, 9.17) is 9.47 Å². The van der Waals surface area contributed by atoms with Crippen LogP contribution >= 0.6 is 0 Å². The second-order valence-corrected chi connectivity index (χ2v) is 13.1. The van der Waals surface area contributed by atoms with E-state index < -0.39 is 35.6 Å². The van der Waals surface area contributed by atoms with Crippen LogP contribution in [0.1, 0.15) is 51.2 Å². The van der Waals surface area contributed by atoms with Crippen molar-refractivity contribution in [2.24, 2.45) is 17.8 Å². The van der Waals surface area contributed by atoms with Gasteiger partial charge in [0, 0.05) is 24.5 Å². The molecule has 1 N–H and O–H groups in total. The second-order valence-electron chi connectivity index (χ2n) is 13.1. The maximum atomic E-state index is 15.0. The molecule has 1 spiro atoms. The van der Waals surface area contributed by atoms with E-state index in [1.807, 2.05) is 77.1 Å². The molecule has 9 nitrogen and oxygen atoms in total. The SMILES string of the molecule is C=CCN(C(=O)[C@@H]1[C@@H]2CCC3(O2)C(C(=O)N(CC=C)c2cc(C)ccc2C)N([C@@H](CO)[C@@H](C)CC)C(=O)[C@H]13)c1ccc(OCC)cc1. The maximum Gasteiger partial charge on any atom is 0.253 e. The lowest BCUT2D eigenvalue weighted by Gasteiger charge is -2.41. The monoisotopic (exact) mass is 643 g/mol. The number of carbonyl (C=O) groups excluding carboxylic acids is 3. The van der Waals surface area contributed by atoms with Crippen LogP contribution < -0.4 is 14.5 Å². The molecule has 3 saturated heterocycles. The summed E-state index contributed by atoms with van der Waals surface area (Å²) in [5.41, 5.74) is 2.09. The van der Waals surface area contributed by atoms with E-state index >= 15 is 4.79 Å². The minimum atomic E-state index is -1.21. The van der Waals surface area contributed by atoms with E-state index in [1.54, 1.807) is 26.9 Å². The standard InChI is InChI=1S/C38H49N3O6/c1-8-20-39(27-14-16-28(17-15-27)46-11-4)35(43)32-31-18-19-38(47-31)33(32)36(44)41(30(23-42)25(6)10-3)34(38)37(45)40(21-9-2)29-22-24(5)12-13-26(29)7/h8-9,12-17,22,25,30-34,42H,1-2,10-11,18-21,23H2,3-7H3/t25-,30-,31-,32+,33-,34?,38?/m0/s1. The van der Waals surface area contributed by atoms with Crippen molar-refractivity contribution in [3.05, 3.63) is 78.9 Å². The molecule has 252 valence electrons. The fraction of sp³-hybridized carbons (Fsp3) is 0.500. The first kappa shape index (κ1) is 34.4. The van der Waals surface area contributed by atoms with Crippen LogP contribution in [-0.2, 0) is 19.1 Å². The van der Waals surface area contributed by atoms with Crippen LogP contribution in [0.15, 0.2) is 67.8 Å². The molecule has 2 aromatic rings. The number of likely N-dealkylation sites (tertiary alicyclic amines) is 1. The molecule has 2 unspecified atom stereocenters. The Kier molecular flexibility index (Phi) is 10.3. The lowest BCUT2D eigenvalue weighted by Crippen LogP contribution is -2.60. The van der Waals surface area contributed by atoms with Gasteiger partial charge < -0.3 is 29.3 Å². The summed E-state index contributed by atoms with van der Waals surface area (Å²) in [6.07, 6.45) is 4.52. The third kappa shape index (κ3) is 5.89. The van der Waals surface area contributed by atoms with Gasteiger partial charge in [-0.15, -0.1) is 13.2 Å². The van der Waals surface area contributed by atoms with Gasteiger partial charge in [0.2, 0.25) is 11.8 Å². The maximum absolute atomic E-state index is 15.0. The van der Waals surface area contributed by atoms with Crippen LogP contribution in [0.4, 0.5) is 11.4 Å². The number of aliphatic hydroxyl groups is 1. The summed E-state index contributed by atoms with van der Waals surface area (Å²) in [4.78, 5) is 49.4. The van der Waals surface area contributed by atoms with E-state index in [9.17, 15) is 14.7 Å². The van der Waals surface area contributed by atoms with Gasteiger partial charge in [0.25, 0.3) is 5.91 Å². The molecule has 0 radical (unpaired) electrons. The molecule has 7 atom stereocenters. The highest BCUT2D eigenvalue weighted by atomic mass is 16.5. The third-order valence-corrected chi connectivity index (χ3v) is 10.4. The summed E-state index contributed by atoms with van der Waals surface area (Å²) in [6, 6.07) is 11.6. The first-order chi connectivity index (χ1) is 22.6. The molecule has 9 heteroatoms. The van der Waals surface area contributed by atoms with Crippen molar-refractivity contribution in [1.29, 1.82) is 0 Å². The van der Waals surface area contributed by atoms with Crippen LogP contribution in [0.3, 0.4) is 0 Å². The molecule has 5 rings (SSSR count). The predicted octanol–water partition coefficient (Wildman–Crippen LogP) is 5.22. The van der Waals surface area contributed by atoms with Gasteiger partial charge in [-0.3, -0.25) is 14.4 Å². The Morgan fingerprint density at radius 2 is 1.77 bits per heavy atom. The Bertz CT molecular complexity index is 1510. The van der Waals surface area contributed by atoms with Crippen molar-refractivity contribution in [3.63, 3.8) is 0 Å². The van der Waals surface area contributed by atoms with Crippen LogP contribution in [0.2, 0.25) is 0 Å². The Morgan fingerprint density at radius 3 is 2.38 bits per heavy atom. The minimum absolute atomic E-state index is 0.101. The Hall–Kier alpha value is -3.95. The minimum Gasteiger partial charge on any atom is -0.494 e. The molecule has 3 amide bonds. The van der Waals surface area contributed by atoms with Crippen molar-refractivity contribution < 1.29 is 29.0 Å². The van der Waals surface area contributed by atoms with Gasteiger partial charge in [-0.05, 0) is 81.0 Å². The lowest BCUT2D eigenvalue weighted by atomic mass is 9.70. The molecule has 3 aliphatic rings. The van der Waals surface area contributed by atoms with Crippen molar-refractivity contribution >= 4 is 29.1 Å². The van der Waals surface area contributed by atoms with Crippen LogP contribution in [0, 0.1) is 31.6 Å². The zero-order chi connectivity index (χ0) is 34.0. The first-order valence-electron chi connectivity index (χ1n) is 16.8. The molecule has 2 bridgehead atoms. The zero-order valence-corrected chi connectivity index (χ0v) is 28.4. The Labute approximate surface area is 278 Å². The summed E-state index contributed by atoms with van der Waals surface area (Å²) < 4.78 is 12.4. The molecule has 47 heavy (non-hydrogen) atoms. The Balaban J connectivity index is 1.61. The molecule has 3 fully saturated rings. The number of aryl methyl sites for hydroxylation is 2. The average Bonchev–Trinajstić information content (AvgIpc) is 3.71. The highest BCUT2D eigenvalue weighted by molar-refractivity contribution is 6.07. The number of nitrogens with zero attached hydrogens (tertiary/aromatic N) is 3. The van der Waals surface area contributed by atoms with Crippen LogP contribution in [0.5, 0.6) is 5.75 Å². The number of anilines is 2. The van der Waals surface area contributed by atoms with Gasteiger partial charge in [0.15, 0.2) is 0 Å². The number of hydrogen-bond acceptors (Lipinski definition) is 6. The molecule has 3 aliphatic heterocycles. The molecule has 3 heterocycles. The number of hydrogen-bond donors (Lipinski definition) is 1. The van der Waals surface area contributed by atoms with Gasteiger partial charge in [-0.25, -0.2) is 0 Å². The van der Waals surface area contributed by atoms with E-state index in [0.717, 1.165) is 16.8 Å². The van der Waals surface area contributed by atoms with E-state index in [1.165, 1.54) is 0 Å². The zero-order valence-electron chi connectivity index (χ0n) is 28.4. The quantitative estimate of drug-likeness (QED) is 0.284. The number of benzene rings is 2. The normalized spacial score (nSPS) is 25.7. The number of aliphatic hydroxyl groups excluding tert-OH is 1. The third-order valence-electron chi connectivity index (χ3n) is 10.4. The van der Waals surface area contributed by atoms with Crippen molar-refractivity contribution in [1.82, 2.24) is 4.90 Å². The predicted molar refractivity (Wildman–Crippen MR) is 183 cm³/mol. The highest BCUT2D eigenvalue weighted by Crippen LogP contribution is 2.60.